The van der Waals surface area contributed by atoms with Crippen LogP contribution in [0.1, 0.15) is 51.3 Å². The normalized spacial score (nSPS) is 27.6. The Morgan fingerprint density at radius 1 is 1.43 bits per heavy atom. The maximum atomic E-state index is 5.81. The van der Waals surface area contributed by atoms with E-state index in [9.17, 15) is 0 Å². The summed E-state index contributed by atoms with van der Waals surface area (Å²) in [5, 5.41) is 3.78. The molecule has 1 N–H and O–H groups in total. The number of fused-ring (bicyclic) bond motifs is 1. The number of ether oxygens (including phenoxy) is 2. The van der Waals surface area contributed by atoms with Crippen LogP contribution in [-0.2, 0) is 11.2 Å². The smallest absolute Gasteiger partial charge is 0.122 e. The predicted octanol–water partition coefficient (Wildman–Crippen LogP) is 3.48. The molecule has 1 aliphatic heterocycles. The zero-order valence-corrected chi connectivity index (χ0v) is 13.6. The third-order valence-electron chi connectivity index (χ3n) is 5.21. The number of benzene rings is 1. The molecule has 21 heavy (non-hydrogen) atoms. The molecule has 0 amide bonds. The van der Waals surface area contributed by atoms with Crippen molar-refractivity contribution >= 4 is 0 Å². The Kier molecular flexibility index (Phi) is 3.98. The summed E-state index contributed by atoms with van der Waals surface area (Å²) in [6.07, 6.45) is 2.54. The molecule has 116 valence electrons. The lowest BCUT2D eigenvalue weighted by atomic mass is 9.64. The Morgan fingerprint density at radius 3 is 2.95 bits per heavy atom. The molecule has 1 aliphatic carbocycles. The van der Waals surface area contributed by atoms with E-state index in [4.69, 9.17) is 9.47 Å². The highest BCUT2D eigenvalue weighted by molar-refractivity contribution is 5.40. The highest BCUT2D eigenvalue weighted by Gasteiger charge is 2.49. The predicted molar refractivity (Wildman–Crippen MR) is 84.8 cm³/mol. The third-order valence-corrected chi connectivity index (χ3v) is 5.21. The Hall–Kier alpha value is -1.06. The van der Waals surface area contributed by atoms with Gasteiger partial charge in [0.2, 0.25) is 0 Å². The molecule has 1 fully saturated rings. The SMILES string of the molecule is CCOC1CC(NC(C)c2ccc3c(c2)CCO3)C1(C)C. The Labute approximate surface area is 128 Å². The summed E-state index contributed by atoms with van der Waals surface area (Å²) in [4.78, 5) is 0. The molecule has 2 aliphatic rings. The molecule has 0 bridgehead atoms. The van der Waals surface area contributed by atoms with Gasteiger partial charge in [-0.05, 0) is 37.5 Å². The van der Waals surface area contributed by atoms with Crippen molar-refractivity contribution in [2.75, 3.05) is 13.2 Å². The van der Waals surface area contributed by atoms with E-state index >= 15 is 0 Å². The Bertz CT molecular complexity index is 512. The molecule has 0 aromatic heterocycles. The zero-order valence-electron chi connectivity index (χ0n) is 13.6. The lowest BCUT2D eigenvalue weighted by Crippen LogP contribution is -2.61. The molecule has 3 nitrogen and oxygen atoms in total. The second kappa shape index (κ2) is 5.62. The van der Waals surface area contributed by atoms with Gasteiger partial charge in [-0.25, -0.2) is 0 Å². The molecule has 3 unspecified atom stereocenters. The van der Waals surface area contributed by atoms with E-state index in [1.54, 1.807) is 0 Å². The largest absolute Gasteiger partial charge is 0.493 e. The lowest BCUT2D eigenvalue weighted by molar-refractivity contribution is -0.116. The standard InChI is InChI=1S/C18H27NO2/c1-5-20-17-11-16(18(17,3)4)19-12(2)13-6-7-15-14(10-13)8-9-21-15/h6-7,10,12,16-17,19H,5,8-9,11H2,1-4H3. The average molecular weight is 289 g/mol. The fraction of sp³-hybridized carbons (Fsp3) is 0.667. The number of hydrogen-bond acceptors (Lipinski definition) is 3. The van der Waals surface area contributed by atoms with Gasteiger partial charge in [-0.3, -0.25) is 0 Å². The summed E-state index contributed by atoms with van der Waals surface area (Å²) in [5.74, 6) is 1.06. The van der Waals surface area contributed by atoms with Gasteiger partial charge < -0.3 is 14.8 Å². The minimum absolute atomic E-state index is 0.212. The van der Waals surface area contributed by atoms with E-state index in [2.05, 4.69) is 51.2 Å². The molecule has 1 aromatic rings. The van der Waals surface area contributed by atoms with E-state index in [1.165, 1.54) is 11.1 Å². The van der Waals surface area contributed by atoms with Crippen molar-refractivity contribution in [3.05, 3.63) is 29.3 Å². The van der Waals surface area contributed by atoms with Crippen molar-refractivity contribution in [1.82, 2.24) is 5.32 Å². The summed E-state index contributed by atoms with van der Waals surface area (Å²) in [6.45, 7) is 10.6. The summed E-state index contributed by atoms with van der Waals surface area (Å²) < 4.78 is 11.4. The fourth-order valence-corrected chi connectivity index (χ4v) is 3.53. The van der Waals surface area contributed by atoms with Crippen LogP contribution in [0.3, 0.4) is 0 Å². The van der Waals surface area contributed by atoms with Crippen LogP contribution in [0.2, 0.25) is 0 Å². The van der Waals surface area contributed by atoms with Gasteiger partial charge in [-0.2, -0.15) is 0 Å². The van der Waals surface area contributed by atoms with Crippen LogP contribution in [0.4, 0.5) is 0 Å². The number of hydrogen-bond donors (Lipinski definition) is 1. The van der Waals surface area contributed by atoms with Crippen molar-refractivity contribution < 1.29 is 9.47 Å². The Morgan fingerprint density at radius 2 is 2.24 bits per heavy atom. The summed E-state index contributed by atoms with van der Waals surface area (Å²) >= 11 is 0. The summed E-state index contributed by atoms with van der Waals surface area (Å²) in [7, 11) is 0. The van der Waals surface area contributed by atoms with Crippen molar-refractivity contribution in [3.8, 4) is 5.75 Å². The van der Waals surface area contributed by atoms with Crippen LogP contribution in [-0.4, -0.2) is 25.4 Å². The average Bonchev–Trinajstić information content (AvgIpc) is 2.93. The van der Waals surface area contributed by atoms with Gasteiger partial charge in [0, 0.05) is 30.5 Å². The molecule has 3 atom stereocenters. The molecular formula is C18H27NO2. The summed E-state index contributed by atoms with van der Waals surface area (Å²) in [5.41, 5.74) is 2.92. The molecule has 0 saturated heterocycles. The first kappa shape index (κ1) is 14.9. The van der Waals surface area contributed by atoms with E-state index < -0.39 is 0 Å². The van der Waals surface area contributed by atoms with Gasteiger partial charge in [-0.15, -0.1) is 0 Å². The topological polar surface area (TPSA) is 30.5 Å². The van der Waals surface area contributed by atoms with Gasteiger partial charge in [-0.1, -0.05) is 26.0 Å². The quantitative estimate of drug-likeness (QED) is 0.900. The van der Waals surface area contributed by atoms with Crippen LogP contribution < -0.4 is 10.1 Å². The number of rotatable bonds is 5. The molecule has 0 radical (unpaired) electrons. The van der Waals surface area contributed by atoms with Gasteiger partial charge in [0.15, 0.2) is 0 Å². The van der Waals surface area contributed by atoms with E-state index in [-0.39, 0.29) is 5.41 Å². The maximum Gasteiger partial charge on any atom is 0.122 e. The highest BCUT2D eigenvalue weighted by atomic mass is 16.5. The molecule has 1 heterocycles. The van der Waals surface area contributed by atoms with Crippen LogP contribution in [0, 0.1) is 5.41 Å². The van der Waals surface area contributed by atoms with Crippen molar-refractivity contribution in [2.45, 2.75) is 58.7 Å². The summed E-state index contributed by atoms with van der Waals surface area (Å²) in [6, 6.07) is 7.49. The van der Waals surface area contributed by atoms with Gasteiger partial charge in [0.1, 0.15) is 5.75 Å². The van der Waals surface area contributed by atoms with Crippen LogP contribution >= 0.6 is 0 Å². The van der Waals surface area contributed by atoms with Gasteiger partial charge in [0.05, 0.1) is 12.7 Å². The van der Waals surface area contributed by atoms with Gasteiger partial charge >= 0.3 is 0 Å². The fourth-order valence-electron chi connectivity index (χ4n) is 3.53. The van der Waals surface area contributed by atoms with Crippen LogP contribution in [0.25, 0.3) is 0 Å². The second-order valence-corrected chi connectivity index (χ2v) is 6.91. The monoisotopic (exact) mass is 289 g/mol. The highest BCUT2D eigenvalue weighted by Crippen LogP contribution is 2.43. The first-order valence-electron chi connectivity index (χ1n) is 8.15. The minimum Gasteiger partial charge on any atom is -0.493 e. The van der Waals surface area contributed by atoms with Crippen LogP contribution in [0.15, 0.2) is 18.2 Å². The first-order chi connectivity index (χ1) is 10.0. The van der Waals surface area contributed by atoms with E-state index in [1.807, 2.05) is 0 Å². The number of nitrogens with one attached hydrogen (secondary N) is 1. The van der Waals surface area contributed by atoms with E-state index in [0.717, 1.165) is 31.8 Å². The zero-order chi connectivity index (χ0) is 15.0. The third kappa shape index (κ3) is 2.69. The second-order valence-electron chi connectivity index (χ2n) is 6.91. The maximum absolute atomic E-state index is 5.81. The molecule has 3 heteroatoms. The van der Waals surface area contributed by atoms with Crippen LogP contribution in [0.5, 0.6) is 5.75 Å². The Balaban J connectivity index is 1.63. The molecule has 3 rings (SSSR count). The molecule has 0 spiro atoms. The lowest BCUT2D eigenvalue weighted by Gasteiger charge is -2.52. The molecule has 1 aromatic carbocycles. The van der Waals surface area contributed by atoms with Crippen molar-refractivity contribution in [1.29, 1.82) is 0 Å². The van der Waals surface area contributed by atoms with Crippen molar-refractivity contribution in [3.63, 3.8) is 0 Å². The molecular weight excluding hydrogens is 262 g/mol. The van der Waals surface area contributed by atoms with Gasteiger partial charge in [0.25, 0.3) is 0 Å². The molecule has 1 saturated carbocycles. The first-order valence-corrected chi connectivity index (χ1v) is 8.15. The van der Waals surface area contributed by atoms with E-state index in [0.29, 0.717) is 18.2 Å². The minimum atomic E-state index is 0.212. The van der Waals surface area contributed by atoms with Crippen molar-refractivity contribution in [2.24, 2.45) is 5.41 Å².